The molecule has 0 bridgehead atoms. The number of aliphatic hydroxyl groups is 7. The van der Waals surface area contributed by atoms with E-state index in [2.05, 4.69) is 0 Å². The van der Waals surface area contributed by atoms with Crippen LogP contribution in [0.3, 0.4) is 0 Å². The first-order chi connectivity index (χ1) is 25.1. The van der Waals surface area contributed by atoms with E-state index in [1.54, 1.807) is 0 Å². The van der Waals surface area contributed by atoms with Crippen molar-refractivity contribution >= 4 is 12.0 Å². The molecule has 0 aliphatic carbocycles. The van der Waals surface area contributed by atoms with Crippen LogP contribution in [0.4, 0.5) is 0 Å². The van der Waals surface area contributed by atoms with Gasteiger partial charge in [-0.3, -0.25) is 0 Å². The number of benzene rings is 2. The molecule has 3 fully saturated rings. The first kappa shape index (κ1) is 40.5. The molecule has 19 nitrogen and oxygen atoms in total. The first-order valence-electron chi connectivity index (χ1n) is 16.6. The van der Waals surface area contributed by atoms with Crippen LogP contribution in [0, 0.1) is 0 Å². The predicted octanol–water partition coefficient (Wildman–Crippen LogP) is -2.55. The molecule has 53 heavy (non-hydrogen) atoms. The average molecular weight is 757 g/mol. The van der Waals surface area contributed by atoms with E-state index >= 15 is 0 Å². The lowest BCUT2D eigenvalue weighted by atomic mass is 9.96. The minimum atomic E-state index is -2.05. The highest BCUT2D eigenvalue weighted by molar-refractivity contribution is 5.87. The molecule has 3 heterocycles. The van der Waals surface area contributed by atoms with Crippen molar-refractivity contribution in [3.63, 3.8) is 0 Å². The van der Waals surface area contributed by atoms with Gasteiger partial charge >= 0.3 is 5.97 Å². The van der Waals surface area contributed by atoms with E-state index in [9.17, 15) is 61.0 Å². The molecule has 0 aromatic heterocycles. The fourth-order valence-electron chi connectivity index (χ4n) is 5.87. The van der Waals surface area contributed by atoms with Gasteiger partial charge in [0.15, 0.2) is 48.0 Å². The second-order valence-electron chi connectivity index (χ2n) is 13.0. The Morgan fingerprint density at radius 3 is 2.19 bits per heavy atom. The summed E-state index contributed by atoms with van der Waals surface area (Å²) in [6, 6.07) is 7.83. The molecular formula is C34H44O19. The third-order valence-electron chi connectivity index (χ3n) is 9.09. The van der Waals surface area contributed by atoms with Crippen molar-refractivity contribution in [2.45, 2.75) is 92.8 Å². The number of ether oxygens (including phenoxy) is 7. The van der Waals surface area contributed by atoms with E-state index in [0.717, 1.165) is 6.08 Å². The van der Waals surface area contributed by atoms with Crippen molar-refractivity contribution in [3.05, 3.63) is 53.6 Å². The highest BCUT2D eigenvalue weighted by Gasteiger charge is 2.54. The smallest absolute Gasteiger partial charge is 0.331 e. The highest BCUT2D eigenvalue weighted by atomic mass is 16.8. The van der Waals surface area contributed by atoms with Crippen LogP contribution in [0.1, 0.15) is 18.1 Å². The van der Waals surface area contributed by atoms with Crippen molar-refractivity contribution < 1.29 is 94.1 Å². The van der Waals surface area contributed by atoms with Gasteiger partial charge < -0.3 is 89.3 Å². The molecule has 0 radical (unpaired) electrons. The Bertz CT molecular complexity index is 1570. The number of hydrogen-bond donors (Lipinski definition) is 11. The van der Waals surface area contributed by atoms with Crippen molar-refractivity contribution in [2.24, 2.45) is 0 Å². The number of phenols is 4. The molecule has 3 saturated heterocycles. The average Bonchev–Trinajstić information content (AvgIpc) is 3.42. The van der Waals surface area contributed by atoms with Crippen molar-refractivity contribution in [2.75, 3.05) is 26.4 Å². The number of aliphatic hydroxyl groups excluding tert-OH is 6. The summed E-state index contributed by atoms with van der Waals surface area (Å²) in [5.41, 5.74) is -1.24. The van der Waals surface area contributed by atoms with Gasteiger partial charge in [0.1, 0.15) is 48.3 Å². The van der Waals surface area contributed by atoms with Gasteiger partial charge in [-0.15, -0.1) is 0 Å². The molecular weight excluding hydrogens is 712 g/mol. The molecule has 3 aliphatic rings. The third-order valence-corrected chi connectivity index (χ3v) is 9.09. The third kappa shape index (κ3) is 9.35. The van der Waals surface area contributed by atoms with Crippen LogP contribution < -0.4 is 0 Å². The molecule has 19 heteroatoms. The molecule has 0 amide bonds. The zero-order valence-corrected chi connectivity index (χ0v) is 28.3. The number of aromatic hydroxyl groups is 4. The van der Waals surface area contributed by atoms with Crippen molar-refractivity contribution in [1.29, 1.82) is 0 Å². The molecule has 0 saturated carbocycles. The van der Waals surface area contributed by atoms with Crippen LogP contribution in [0.5, 0.6) is 23.0 Å². The molecule has 5 rings (SSSR count). The summed E-state index contributed by atoms with van der Waals surface area (Å²) in [4.78, 5) is 13.2. The maximum Gasteiger partial charge on any atom is 0.331 e. The number of phenolic OH excluding ortho intramolecular Hbond substituents is 4. The molecule has 2 aromatic carbocycles. The second kappa shape index (κ2) is 17.2. The van der Waals surface area contributed by atoms with E-state index in [4.69, 9.17) is 33.2 Å². The van der Waals surface area contributed by atoms with Crippen LogP contribution in [0.15, 0.2) is 42.5 Å². The summed E-state index contributed by atoms with van der Waals surface area (Å²) in [5, 5.41) is 112. The topological polar surface area (TPSA) is 304 Å². The summed E-state index contributed by atoms with van der Waals surface area (Å²) in [5.74, 6) is -2.62. The largest absolute Gasteiger partial charge is 0.504 e. The van der Waals surface area contributed by atoms with E-state index in [-0.39, 0.29) is 30.1 Å². The molecule has 11 N–H and O–H groups in total. The summed E-state index contributed by atoms with van der Waals surface area (Å²) >= 11 is 0. The van der Waals surface area contributed by atoms with Gasteiger partial charge in [-0.25, -0.2) is 4.79 Å². The number of carbonyl (C=O) groups is 1. The minimum Gasteiger partial charge on any atom is -0.504 e. The van der Waals surface area contributed by atoms with Gasteiger partial charge in [-0.2, -0.15) is 0 Å². The molecule has 0 unspecified atom stereocenters. The Morgan fingerprint density at radius 1 is 0.830 bits per heavy atom. The number of esters is 1. The fraction of sp³-hybridized carbons (Fsp3) is 0.559. The lowest BCUT2D eigenvalue weighted by molar-refractivity contribution is -0.360. The Hall–Kier alpha value is -3.67. The van der Waals surface area contributed by atoms with Crippen LogP contribution in [-0.4, -0.2) is 168 Å². The van der Waals surface area contributed by atoms with E-state index < -0.39 is 117 Å². The normalized spacial score (nSPS) is 36.2. The van der Waals surface area contributed by atoms with Crippen molar-refractivity contribution in [3.8, 4) is 23.0 Å². The first-order valence-corrected chi connectivity index (χ1v) is 16.6. The summed E-state index contributed by atoms with van der Waals surface area (Å²) in [6.45, 7) is -0.718. The number of carbonyl (C=O) groups excluding carboxylic acids is 1. The SMILES string of the molecule is C[C@H]1O[C@@H](O[C@@H]2[C@@H](O)[C@H](OCCc3ccc(O)c(O)c3)O[C@H](CO[C@@H]3OC[C@](O)(CO)[C@H]3O)[C@H]2OC(=O)/C=C/c2ccc(O)c(O)c2)[C@H](O)[C@@H](O)[C@@H]1O. The lowest BCUT2D eigenvalue weighted by Gasteiger charge is -2.46. The Kier molecular flexibility index (Phi) is 13.2. The zero-order valence-electron chi connectivity index (χ0n) is 28.3. The maximum atomic E-state index is 13.2. The van der Waals surface area contributed by atoms with Crippen LogP contribution in [-0.2, 0) is 44.4 Å². The van der Waals surface area contributed by atoms with E-state index in [1.165, 1.54) is 49.4 Å². The summed E-state index contributed by atoms with van der Waals surface area (Å²) in [6.07, 6.45) is -17.0. The maximum absolute atomic E-state index is 13.2. The quantitative estimate of drug-likeness (QED) is 0.0569. The second-order valence-corrected chi connectivity index (χ2v) is 13.0. The Labute approximate surface area is 302 Å². The molecule has 0 spiro atoms. The monoisotopic (exact) mass is 756 g/mol. The van der Waals surface area contributed by atoms with E-state index in [1.807, 2.05) is 0 Å². The van der Waals surface area contributed by atoms with Gasteiger partial charge in [0.05, 0.1) is 32.5 Å². The standard InChI is InChI=1S/C34H44O19/c1-15-24(41)25(42)26(43)32(50-15)53-29-27(44)31(47-9-8-17-3-6-19(37)21(39)11-17)51-22(12-48-33-30(45)34(46,13-35)14-49-33)28(29)52-23(40)7-4-16-2-5-18(36)20(38)10-16/h2-7,10-11,15,22,24-33,35-39,41-46H,8-9,12-14H2,1H3/b7-4+/t15-,22-,24-,25+,26-,27-,28-,29-,30+,31-,32+,33-,34-/m1/s1. The molecule has 3 aliphatic heterocycles. The number of rotatable bonds is 13. The Balaban J connectivity index is 1.42. The van der Waals surface area contributed by atoms with E-state index in [0.29, 0.717) is 5.56 Å². The Morgan fingerprint density at radius 2 is 1.53 bits per heavy atom. The molecule has 2 aromatic rings. The van der Waals surface area contributed by atoms with Gasteiger partial charge in [0.25, 0.3) is 0 Å². The van der Waals surface area contributed by atoms with Crippen LogP contribution >= 0.6 is 0 Å². The predicted molar refractivity (Wildman–Crippen MR) is 174 cm³/mol. The van der Waals surface area contributed by atoms with Gasteiger partial charge in [0.2, 0.25) is 0 Å². The van der Waals surface area contributed by atoms with Gasteiger partial charge in [0, 0.05) is 6.08 Å². The van der Waals surface area contributed by atoms with Crippen LogP contribution in [0.2, 0.25) is 0 Å². The zero-order chi connectivity index (χ0) is 38.6. The molecule has 294 valence electrons. The fourth-order valence-corrected chi connectivity index (χ4v) is 5.87. The minimum absolute atomic E-state index is 0.136. The van der Waals surface area contributed by atoms with Gasteiger partial charge in [-0.1, -0.05) is 12.1 Å². The molecule has 13 atom stereocenters. The summed E-state index contributed by atoms with van der Waals surface area (Å²) in [7, 11) is 0. The summed E-state index contributed by atoms with van der Waals surface area (Å²) < 4.78 is 40.0. The van der Waals surface area contributed by atoms with Crippen molar-refractivity contribution in [1.82, 2.24) is 0 Å². The number of hydrogen-bond acceptors (Lipinski definition) is 19. The highest BCUT2D eigenvalue weighted by Crippen LogP contribution is 2.34. The van der Waals surface area contributed by atoms with Gasteiger partial charge in [-0.05, 0) is 54.8 Å². The lowest BCUT2D eigenvalue weighted by Crippen LogP contribution is -2.65. The van der Waals surface area contributed by atoms with Crippen LogP contribution in [0.25, 0.3) is 6.08 Å².